The van der Waals surface area contributed by atoms with Gasteiger partial charge in [-0.05, 0) is 69.7 Å². The molecule has 13 atom stereocenters. The molecule has 0 radical (unpaired) electrons. The van der Waals surface area contributed by atoms with E-state index in [4.69, 9.17) is 24.7 Å². The Hall–Kier alpha value is -0.320. The molecule has 0 aromatic carbocycles. The predicted molar refractivity (Wildman–Crippen MR) is 133 cm³/mol. The van der Waals surface area contributed by atoms with Crippen LogP contribution in [0.1, 0.15) is 80.1 Å². The average molecular weight is 502 g/mol. The highest BCUT2D eigenvalue weighted by Crippen LogP contribution is 2.40. The molecule has 1 saturated carbocycles. The van der Waals surface area contributed by atoms with E-state index in [0.717, 1.165) is 32.1 Å². The number of hydrogen-bond acceptors (Lipinski definition) is 8. The molecule has 0 spiro atoms. The minimum Gasteiger partial charge on any atom is -0.388 e. The van der Waals surface area contributed by atoms with Crippen LogP contribution in [0, 0.1) is 29.6 Å². The molecule has 35 heavy (non-hydrogen) atoms. The summed E-state index contributed by atoms with van der Waals surface area (Å²) in [4.78, 5) is 0. The highest BCUT2D eigenvalue weighted by molar-refractivity contribution is 4.95. The molecule has 8 nitrogen and oxygen atoms in total. The molecule has 3 aliphatic rings. The SMILES string of the molecule is CC[C@@H]1[C@@H](O)C(OC2[C@@H](O)C(OC3O[C@H](C(C)CCCN)CC[C@H]3C)[C@@H](C)C[C@H]2C)OC[C@]1(C)O. The highest BCUT2D eigenvalue weighted by Gasteiger charge is 2.50. The maximum Gasteiger partial charge on any atom is 0.184 e. The zero-order valence-corrected chi connectivity index (χ0v) is 22.6. The van der Waals surface area contributed by atoms with E-state index in [0.29, 0.717) is 18.9 Å². The van der Waals surface area contributed by atoms with Crippen LogP contribution in [0.3, 0.4) is 0 Å². The molecule has 0 aromatic rings. The number of aliphatic hydroxyl groups excluding tert-OH is 2. The Balaban J connectivity index is 1.66. The first-order valence-electron chi connectivity index (χ1n) is 13.9. The van der Waals surface area contributed by atoms with Gasteiger partial charge in [0.25, 0.3) is 0 Å². The lowest BCUT2D eigenvalue weighted by molar-refractivity contribution is -0.324. The van der Waals surface area contributed by atoms with Crippen molar-refractivity contribution >= 4 is 0 Å². The van der Waals surface area contributed by atoms with Crippen LogP contribution in [0.15, 0.2) is 0 Å². The lowest BCUT2D eigenvalue weighted by Crippen LogP contribution is -2.60. The van der Waals surface area contributed by atoms with E-state index in [1.807, 2.05) is 6.92 Å². The van der Waals surface area contributed by atoms with Crippen LogP contribution >= 0.6 is 0 Å². The molecule has 5 N–H and O–H groups in total. The van der Waals surface area contributed by atoms with Gasteiger partial charge < -0.3 is 40.0 Å². The Morgan fingerprint density at radius 1 is 1.00 bits per heavy atom. The van der Waals surface area contributed by atoms with Crippen molar-refractivity contribution < 1.29 is 34.3 Å². The lowest BCUT2D eigenvalue weighted by atomic mass is 9.76. The average Bonchev–Trinajstić information content (AvgIpc) is 2.80. The van der Waals surface area contributed by atoms with Gasteiger partial charge in [0.1, 0.15) is 12.2 Å². The van der Waals surface area contributed by atoms with Gasteiger partial charge in [-0.15, -0.1) is 0 Å². The Labute approximate surface area is 211 Å². The molecule has 206 valence electrons. The third kappa shape index (κ3) is 6.77. The number of rotatable bonds is 9. The molecule has 0 aromatic heterocycles. The second kappa shape index (κ2) is 12.5. The number of ether oxygens (including phenoxy) is 4. The van der Waals surface area contributed by atoms with Crippen LogP contribution < -0.4 is 5.73 Å². The molecule has 2 saturated heterocycles. The third-order valence-corrected chi connectivity index (χ3v) is 8.77. The molecule has 2 aliphatic heterocycles. The lowest BCUT2D eigenvalue weighted by Gasteiger charge is -2.49. The summed E-state index contributed by atoms with van der Waals surface area (Å²) < 4.78 is 24.9. The number of nitrogens with two attached hydrogens (primary N) is 1. The van der Waals surface area contributed by atoms with Crippen molar-refractivity contribution in [1.82, 2.24) is 0 Å². The fourth-order valence-electron chi connectivity index (χ4n) is 6.42. The first-order chi connectivity index (χ1) is 16.5. The summed E-state index contributed by atoms with van der Waals surface area (Å²) in [6.07, 6.45) is 1.51. The number of aliphatic hydroxyl groups is 3. The Bertz CT molecular complexity index is 649. The van der Waals surface area contributed by atoms with Crippen molar-refractivity contribution in [3.8, 4) is 0 Å². The first-order valence-corrected chi connectivity index (χ1v) is 13.9. The van der Waals surface area contributed by atoms with Crippen LogP contribution in [0.25, 0.3) is 0 Å². The van der Waals surface area contributed by atoms with Crippen molar-refractivity contribution in [2.75, 3.05) is 13.2 Å². The van der Waals surface area contributed by atoms with Gasteiger partial charge in [-0.2, -0.15) is 0 Å². The van der Waals surface area contributed by atoms with E-state index < -0.39 is 36.3 Å². The Morgan fingerprint density at radius 2 is 1.63 bits per heavy atom. The van der Waals surface area contributed by atoms with Gasteiger partial charge in [0.2, 0.25) is 0 Å². The van der Waals surface area contributed by atoms with E-state index in [9.17, 15) is 15.3 Å². The Kier molecular flexibility index (Phi) is 10.4. The van der Waals surface area contributed by atoms with Crippen LogP contribution in [0.4, 0.5) is 0 Å². The quantitative estimate of drug-likeness (QED) is 0.380. The van der Waals surface area contributed by atoms with Gasteiger partial charge >= 0.3 is 0 Å². The molecule has 5 unspecified atom stereocenters. The van der Waals surface area contributed by atoms with Crippen LogP contribution in [0.5, 0.6) is 0 Å². The summed E-state index contributed by atoms with van der Waals surface area (Å²) in [7, 11) is 0. The maximum atomic E-state index is 11.4. The van der Waals surface area contributed by atoms with Crippen LogP contribution in [-0.2, 0) is 18.9 Å². The zero-order chi connectivity index (χ0) is 25.9. The van der Waals surface area contributed by atoms with E-state index >= 15 is 0 Å². The van der Waals surface area contributed by atoms with Gasteiger partial charge in [0.05, 0.1) is 30.5 Å². The van der Waals surface area contributed by atoms with Gasteiger partial charge in [-0.25, -0.2) is 0 Å². The van der Waals surface area contributed by atoms with E-state index in [-0.39, 0.29) is 42.7 Å². The van der Waals surface area contributed by atoms with Crippen molar-refractivity contribution in [1.29, 1.82) is 0 Å². The summed E-state index contributed by atoms with van der Waals surface area (Å²) in [6, 6.07) is 0. The summed E-state index contributed by atoms with van der Waals surface area (Å²) in [6.45, 7) is 12.9. The summed E-state index contributed by atoms with van der Waals surface area (Å²) in [5, 5.41) is 32.9. The van der Waals surface area contributed by atoms with Crippen molar-refractivity contribution in [2.24, 2.45) is 35.3 Å². The molecule has 0 amide bonds. The minimum absolute atomic E-state index is 0.0619. The van der Waals surface area contributed by atoms with Crippen LogP contribution in [0.2, 0.25) is 0 Å². The second-order valence-electron chi connectivity index (χ2n) is 11.9. The van der Waals surface area contributed by atoms with Crippen molar-refractivity contribution in [2.45, 2.75) is 129 Å². The minimum atomic E-state index is -1.11. The molecule has 3 rings (SSSR count). The predicted octanol–water partition coefficient (Wildman–Crippen LogP) is 2.80. The van der Waals surface area contributed by atoms with Crippen molar-refractivity contribution in [3.05, 3.63) is 0 Å². The van der Waals surface area contributed by atoms with Gasteiger partial charge in [0.15, 0.2) is 12.6 Å². The molecule has 2 heterocycles. The van der Waals surface area contributed by atoms with Gasteiger partial charge in [-0.3, -0.25) is 0 Å². The van der Waals surface area contributed by atoms with Gasteiger partial charge in [-0.1, -0.05) is 34.6 Å². The van der Waals surface area contributed by atoms with E-state index in [2.05, 4.69) is 27.7 Å². The zero-order valence-electron chi connectivity index (χ0n) is 22.6. The Morgan fingerprint density at radius 3 is 2.23 bits per heavy atom. The summed E-state index contributed by atoms with van der Waals surface area (Å²) >= 11 is 0. The molecule has 1 aliphatic carbocycles. The monoisotopic (exact) mass is 501 g/mol. The first kappa shape index (κ1) is 29.2. The molecular weight excluding hydrogens is 450 g/mol. The molecule has 3 fully saturated rings. The highest BCUT2D eigenvalue weighted by atomic mass is 16.7. The van der Waals surface area contributed by atoms with Crippen LogP contribution in [-0.4, -0.2) is 77.2 Å². The topological polar surface area (TPSA) is 124 Å². The normalized spacial score (nSPS) is 48.0. The smallest absolute Gasteiger partial charge is 0.184 e. The summed E-state index contributed by atoms with van der Waals surface area (Å²) in [5.74, 6) is 0.481. The third-order valence-electron chi connectivity index (χ3n) is 8.77. The molecule has 8 heteroatoms. The van der Waals surface area contributed by atoms with Gasteiger partial charge in [0, 0.05) is 11.8 Å². The van der Waals surface area contributed by atoms with E-state index in [1.54, 1.807) is 6.92 Å². The standard InChI is InChI=1S/C27H51NO7/c1-7-19-21(29)26(32-14-27(19,6)31)35-24-18(5)13-17(4)23(22(24)30)34-25-16(3)10-11-20(33-25)15(2)9-8-12-28/h15-26,29-31H,7-14,28H2,1-6H3/t15?,16-,17+,18-,19-,20+,21-,22+,23?,24?,25?,26?,27+/m1/s1. The molecule has 0 bridgehead atoms. The van der Waals surface area contributed by atoms with Crippen molar-refractivity contribution in [3.63, 3.8) is 0 Å². The fraction of sp³-hybridized carbons (Fsp3) is 1.00. The largest absolute Gasteiger partial charge is 0.388 e. The maximum absolute atomic E-state index is 11.4. The van der Waals surface area contributed by atoms with E-state index in [1.165, 1.54) is 0 Å². The number of hydrogen-bond donors (Lipinski definition) is 4. The fourth-order valence-corrected chi connectivity index (χ4v) is 6.42. The second-order valence-corrected chi connectivity index (χ2v) is 11.9. The molecular formula is C27H51NO7. The summed E-state index contributed by atoms with van der Waals surface area (Å²) in [5.41, 5.74) is 4.58.